The molecular weight excluding hydrogens is 282 g/mol. The predicted molar refractivity (Wildman–Crippen MR) is 70.9 cm³/mol. The molecule has 0 aliphatic heterocycles. The lowest BCUT2D eigenvalue weighted by atomic mass is 10.5. The fourth-order valence-electron chi connectivity index (χ4n) is 1.70. The topological polar surface area (TPSA) is 117 Å². The molecule has 0 aromatic carbocycles. The number of fused-ring (bicyclic) bond motifs is 1. The van der Waals surface area contributed by atoms with Gasteiger partial charge >= 0.3 is 5.82 Å². The summed E-state index contributed by atoms with van der Waals surface area (Å²) in [5, 5.41) is 19.5. The zero-order valence-electron chi connectivity index (χ0n) is 10.3. The Balaban J connectivity index is 2.13. The van der Waals surface area contributed by atoms with Crippen LogP contribution < -0.4 is 5.84 Å². The first kappa shape index (κ1) is 12.4. The number of pyridine rings is 1. The molecule has 0 unspecified atom stereocenters. The molecule has 9 nitrogen and oxygen atoms in total. The second kappa shape index (κ2) is 4.49. The molecule has 0 spiro atoms. The summed E-state index contributed by atoms with van der Waals surface area (Å²) in [5.41, 5.74) is 0.488. The smallest absolute Gasteiger partial charge is 0.358 e. The van der Waals surface area contributed by atoms with Gasteiger partial charge in [-0.2, -0.15) is 9.38 Å². The van der Waals surface area contributed by atoms with Crippen LogP contribution in [0.15, 0.2) is 34.6 Å². The van der Waals surface area contributed by atoms with Crippen molar-refractivity contribution in [1.82, 2.24) is 24.3 Å². The van der Waals surface area contributed by atoms with Crippen molar-refractivity contribution in [2.45, 2.75) is 17.1 Å². The largest absolute Gasteiger partial charge is 0.362 e. The van der Waals surface area contributed by atoms with Crippen molar-refractivity contribution < 1.29 is 4.92 Å². The molecule has 3 heterocycles. The third-order valence-corrected chi connectivity index (χ3v) is 3.60. The van der Waals surface area contributed by atoms with Gasteiger partial charge in [-0.05, 0) is 29.7 Å². The number of hydrogen-bond donors (Lipinski definition) is 1. The summed E-state index contributed by atoms with van der Waals surface area (Å²) >= 11 is 1.01. The highest BCUT2D eigenvalue weighted by atomic mass is 32.2. The van der Waals surface area contributed by atoms with Gasteiger partial charge in [0.1, 0.15) is 5.82 Å². The molecule has 0 fully saturated rings. The molecular formula is C10H9N7O2S. The van der Waals surface area contributed by atoms with Crippen LogP contribution >= 0.6 is 11.8 Å². The van der Waals surface area contributed by atoms with Gasteiger partial charge in [0.05, 0.1) is 6.20 Å². The van der Waals surface area contributed by atoms with Gasteiger partial charge in [0.2, 0.25) is 15.8 Å². The normalized spacial score (nSPS) is 11.1. The van der Waals surface area contributed by atoms with Crippen molar-refractivity contribution in [3.63, 3.8) is 0 Å². The average Bonchev–Trinajstić information content (AvgIpc) is 2.93. The molecule has 102 valence electrons. The molecule has 0 saturated heterocycles. The van der Waals surface area contributed by atoms with Crippen LogP contribution in [0.25, 0.3) is 5.65 Å². The van der Waals surface area contributed by atoms with E-state index in [4.69, 9.17) is 5.84 Å². The van der Waals surface area contributed by atoms with E-state index < -0.39 is 4.92 Å². The quantitative estimate of drug-likeness (QED) is 0.434. The van der Waals surface area contributed by atoms with Gasteiger partial charge in [-0.25, -0.2) is 4.68 Å². The summed E-state index contributed by atoms with van der Waals surface area (Å²) in [7, 11) is 0. The number of rotatable bonds is 3. The maximum atomic E-state index is 11.2. The van der Waals surface area contributed by atoms with E-state index in [0.717, 1.165) is 11.8 Å². The lowest BCUT2D eigenvalue weighted by Crippen LogP contribution is -2.11. The fourth-order valence-corrected chi connectivity index (χ4v) is 2.59. The third-order valence-electron chi connectivity index (χ3n) is 2.67. The second-order valence-electron chi connectivity index (χ2n) is 3.93. The number of nitro groups is 1. The summed E-state index contributed by atoms with van der Waals surface area (Å²) in [5.74, 6) is 6.13. The van der Waals surface area contributed by atoms with Crippen LogP contribution in [0, 0.1) is 17.0 Å². The van der Waals surface area contributed by atoms with E-state index in [1.54, 1.807) is 31.3 Å². The van der Waals surface area contributed by atoms with Crippen molar-refractivity contribution >= 4 is 23.2 Å². The molecule has 0 saturated carbocycles. The lowest BCUT2D eigenvalue weighted by Gasteiger charge is -1.99. The molecule has 3 rings (SSSR count). The molecule has 3 aromatic rings. The van der Waals surface area contributed by atoms with E-state index >= 15 is 0 Å². The minimum absolute atomic E-state index is 0.119. The lowest BCUT2D eigenvalue weighted by molar-refractivity contribution is -0.393. The zero-order valence-corrected chi connectivity index (χ0v) is 11.1. The van der Waals surface area contributed by atoms with Crippen LogP contribution in [0.1, 0.15) is 5.82 Å². The summed E-state index contributed by atoms with van der Waals surface area (Å²) in [6, 6.07) is 5.15. The first-order valence-electron chi connectivity index (χ1n) is 5.54. The van der Waals surface area contributed by atoms with Gasteiger partial charge in [0, 0.05) is 6.07 Å². The van der Waals surface area contributed by atoms with Crippen molar-refractivity contribution in [3.05, 3.63) is 40.3 Å². The van der Waals surface area contributed by atoms with E-state index in [0.29, 0.717) is 16.6 Å². The average molecular weight is 291 g/mol. The molecule has 0 bridgehead atoms. The Morgan fingerprint density at radius 2 is 2.20 bits per heavy atom. The summed E-state index contributed by atoms with van der Waals surface area (Å²) in [6.45, 7) is 1.69. The first-order chi connectivity index (χ1) is 9.58. The Kier molecular flexibility index (Phi) is 2.79. The number of hydrogen-bond acceptors (Lipinski definition) is 7. The molecule has 20 heavy (non-hydrogen) atoms. The molecule has 3 aromatic heterocycles. The van der Waals surface area contributed by atoms with Crippen molar-refractivity contribution in [1.29, 1.82) is 0 Å². The Bertz CT molecular complexity index is 809. The van der Waals surface area contributed by atoms with E-state index in [2.05, 4.69) is 15.2 Å². The number of nitrogens with two attached hydrogens (primary N) is 1. The zero-order chi connectivity index (χ0) is 14.3. The number of nitrogens with zero attached hydrogens (tertiary/aromatic N) is 6. The molecule has 0 amide bonds. The summed E-state index contributed by atoms with van der Waals surface area (Å²) in [4.78, 5) is 15.0. The van der Waals surface area contributed by atoms with Gasteiger partial charge < -0.3 is 16.0 Å². The van der Waals surface area contributed by atoms with Gasteiger partial charge in [-0.15, -0.1) is 10.2 Å². The van der Waals surface area contributed by atoms with Crippen molar-refractivity contribution in [2.24, 2.45) is 0 Å². The van der Waals surface area contributed by atoms with Gasteiger partial charge in [0.25, 0.3) is 0 Å². The van der Waals surface area contributed by atoms with Crippen LogP contribution in [-0.4, -0.2) is 29.2 Å². The van der Waals surface area contributed by atoms with Crippen LogP contribution in [0.5, 0.6) is 0 Å². The van der Waals surface area contributed by atoms with Crippen LogP contribution in [0.4, 0.5) is 5.82 Å². The van der Waals surface area contributed by atoms with E-state index in [1.165, 1.54) is 9.08 Å². The maximum Gasteiger partial charge on any atom is 0.362 e. The molecule has 0 radical (unpaired) electrons. The molecule has 0 aliphatic carbocycles. The number of nitrogen functional groups attached to an aromatic ring is 1. The van der Waals surface area contributed by atoms with Crippen molar-refractivity contribution in [3.8, 4) is 0 Å². The Morgan fingerprint density at radius 1 is 1.40 bits per heavy atom. The number of aryl methyl sites for hydroxylation is 1. The fraction of sp³-hybridized carbons (Fsp3) is 0.100. The van der Waals surface area contributed by atoms with Crippen LogP contribution in [-0.2, 0) is 0 Å². The van der Waals surface area contributed by atoms with Crippen LogP contribution in [0.3, 0.4) is 0 Å². The van der Waals surface area contributed by atoms with Crippen molar-refractivity contribution in [2.75, 3.05) is 5.84 Å². The predicted octanol–water partition coefficient (Wildman–Crippen LogP) is 1.01. The minimum Gasteiger partial charge on any atom is -0.358 e. The summed E-state index contributed by atoms with van der Waals surface area (Å²) in [6.07, 6.45) is 1.59. The monoisotopic (exact) mass is 291 g/mol. The second-order valence-corrected chi connectivity index (χ2v) is 4.88. The van der Waals surface area contributed by atoms with E-state index in [-0.39, 0.29) is 10.8 Å². The Labute approximate surface area is 116 Å². The summed E-state index contributed by atoms with van der Waals surface area (Å²) < 4.78 is 2.67. The Morgan fingerprint density at radius 3 is 2.85 bits per heavy atom. The molecule has 10 heteroatoms. The standard InChI is InChI=1S/C10H9N7O2S/c1-6-13-14-10(16(6)11)20-8-9(17(18)19)15-5-3-2-4-7(15)12-8/h2-5H,11H2,1H3. The van der Waals surface area contributed by atoms with E-state index in [9.17, 15) is 10.1 Å². The van der Waals surface area contributed by atoms with Gasteiger partial charge in [-0.1, -0.05) is 6.07 Å². The highest BCUT2D eigenvalue weighted by Gasteiger charge is 2.25. The third kappa shape index (κ3) is 1.86. The first-order valence-corrected chi connectivity index (χ1v) is 6.36. The Hall–Kier alpha value is -2.62. The number of imidazole rings is 1. The maximum absolute atomic E-state index is 11.2. The van der Waals surface area contributed by atoms with Gasteiger partial charge in [0.15, 0.2) is 0 Å². The minimum atomic E-state index is -0.480. The van der Waals surface area contributed by atoms with Crippen LogP contribution in [0.2, 0.25) is 0 Å². The highest BCUT2D eigenvalue weighted by molar-refractivity contribution is 7.99. The number of aromatic nitrogens is 5. The van der Waals surface area contributed by atoms with E-state index in [1.807, 2.05) is 0 Å². The van der Waals surface area contributed by atoms with Gasteiger partial charge in [-0.3, -0.25) is 0 Å². The molecule has 2 N–H and O–H groups in total. The highest BCUT2D eigenvalue weighted by Crippen LogP contribution is 2.33. The molecule has 0 aliphatic rings. The molecule has 0 atom stereocenters. The SMILES string of the molecule is Cc1nnc(Sc2nc3ccccn3c2[N+](=O)[O-])n1N.